The molecule has 32 heavy (non-hydrogen) atoms. The smallest absolute Gasteiger partial charge is 0.338 e. The number of fused-ring (bicyclic) bond motifs is 3. The van der Waals surface area contributed by atoms with Gasteiger partial charge in [-0.1, -0.05) is 36.4 Å². The predicted molar refractivity (Wildman–Crippen MR) is 123 cm³/mol. The normalized spacial score (nSPS) is 15.4. The van der Waals surface area contributed by atoms with E-state index >= 15 is 0 Å². The van der Waals surface area contributed by atoms with E-state index < -0.39 is 5.97 Å². The summed E-state index contributed by atoms with van der Waals surface area (Å²) >= 11 is 0. The van der Waals surface area contributed by atoms with Gasteiger partial charge in [-0.25, -0.2) is 4.79 Å². The van der Waals surface area contributed by atoms with E-state index in [4.69, 9.17) is 9.47 Å². The summed E-state index contributed by atoms with van der Waals surface area (Å²) in [6.45, 7) is 0. The standard InChI is InChI=1S/C27H23NO4/c1-31-27(30)21-11-6-12-22-24(21)25-23(29)14-13-18(26(25)28-22)15-17-7-5-10-20(16-17)32-19-8-3-2-4-9-19/h2-12,16,18,28H,13-15H2,1H3. The Morgan fingerprint density at radius 2 is 1.78 bits per heavy atom. The molecule has 1 heterocycles. The third-order valence-electron chi connectivity index (χ3n) is 6.02. The third kappa shape index (κ3) is 3.66. The second-order valence-electron chi connectivity index (χ2n) is 8.06. The SMILES string of the molecule is COC(=O)c1cccc2[nH]c3c(c12)C(=O)CCC3Cc1cccc(Oc2ccccc2)c1. The van der Waals surface area contributed by atoms with Crippen LogP contribution in [0, 0.1) is 0 Å². The van der Waals surface area contributed by atoms with Gasteiger partial charge in [-0.15, -0.1) is 0 Å². The van der Waals surface area contributed by atoms with E-state index in [1.165, 1.54) is 7.11 Å². The molecule has 1 aromatic heterocycles. The lowest BCUT2D eigenvalue weighted by Gasteiger charge is -2.22. The Hall–Kier alpha value is -3.86. The Labute approximate surface area is 186 Å². The fraction of sp³-hybridized carbons (Fsp3) is 0.185. The van der Waals surface area contributed by atoms with Gasteiger partial charge in [0.1, 0.15) is 11.5 Å². The van der Waals surface area contributed by atoms with Gasteiger partial charge in [-0.05, 0) is 54.8 Å². The molecular weight excluding hydrogens is 402 g/mol. The predicted octanol–water partition coefficient (Wildman–Crippen LogP) is 6.05. The number of para-hydroxylation sites is 1. The second-order valence-corrected chi connectivity index (χ2v) is 8.06. The number of aromatic amines is 1. The maximum Gasteiger partial charge on any atom is 0.338 e. The van der Waals surface area contributed by atoms with Crippen molar-refractivity contribution in [2.45, 2.75) is 25.2 Å². The molecule has 0 amide bonds. The van der Waals surface area contributed by atoms with Gasteiger partial charge in [0.2, 0.25) is 0 Å². The number of benzene rings is 3. The first-order chi connectivity index (χ1) is 15.6. The molecular formula is C27H23NO4. The van der Waals surface area contributed by atoms with Crippen LogP contribution in [0.1, 0.15) is 50.7 Å². The zero-order chi connectivity index (χ0) is 22.1. The second kappa shape index (κ2) is 8.35. The molecule has 3 aromatic carbocycles. The number of Topliss-reactive ketones (excluding diaryl/α,β-unsaturated/α-hetero) is 1. The average molecular weight is 425 g/mol. The van der Waals surface area contributed by atoms with Crippen molar-refractivity contribution in [1.29, 1.82) is 0 Å². The van der Waals surface area contributed by atoms with Crippen LogP contribution in [0.4, 0.5) is 0 Å². The summed E-state index contributed by atoms with van der Waals surface area (Å²) in [5.41, 5.74) is 3.89. The minimum Gasteiger partial charge on any atom is -0.465 e. The first-order valence-corrected chi connectivity index (χ1v) is 10.7. The van der Waals surface area contributed by atoms with Crippen LogP contribution in [0.15, 0.2) is 72.8 Å². The van der Waals surface area contributed by atoms with Gasteiger partial charge in [0, 0.05) is 34.5 Å². The number of carbonyl (C=O) groups is 2. The zero-order valence-electron chi connectivity index (χ0n) is 17.8. The molecule has 1 unspecified atom stereocenters. The van der Waals surface area contributed by atoms with Crippen LogP contribution >= 0.6 is 0 Å². The number of ketones is 1. The van der Waals surface area contributed by atoms with Crippen LogP contribution in [0.25, 0.3) is 10.9 Å². The molecule has 1 aliphatic carbocycles. The maximum atomic E-state index is 12.9. The summed E-state index contributed by atoms with van der Waals surface area (Å²) in [6, 6.07) is 23.2. The average Bonchev–Trinajstić information content (AvgIpc) is 3.22. The summed E-state index contributed by atoms with van der Waals surface area (Å²) in [5.74, 6) is 1.36. The number of aromatic nitrogens is 1. The topological polar surface area (TPSA) is 68.4 Å². The van der Waals surface area contributed by atoms with Crippen LogP contribution in [-0.2, 0) is 11.2 Å². The van der Waals surface area contributed by atoms with Gasteiger partial charge < -0.3 is 14.5 Å². The number of methoxy groups -OCH3 is 1. The van der Waals surface area contributed by atoms with Crippen molar-refractivity contribution in [1.82, 2.24) is 4.98 Å². The molecule has 1 aliphatic rings. The number of nitrogens with one attached hydrogen (secondary N) is 1. The van der Waals surface area contributed by atoms with Gasteiger partial charge in [-0.2, -0.15) is 0 Å². The van der Waals surface area contributed by atoms with Gasteiger partial charge >= 0.3 is 5.97 Å². The van der Waals surface area contributed by atoms with E-state index in [2.05, 4.69) is 11.1 Å². The number of hydrogen-bond donors (Lipinski definition) is 1. The number of ether oxygens (including phenoxy) is 2. The van der Waals surface area contributed by atoms with Crippen molar-refractivity contribution in [2.24, 2.45) is 0 Å². The lowest BCUT2D eigenvalue weighted by Crippen LogP contribution is -2.17. The Balaban J connectivity index is 1.48. The highest BCUT2D eigenvalue weighted by molar-refractivity contribution is 6.16. The minimum absolute atomic E-state index is 0.0695. The molecule has 1 N–H and O–H groups in total. The molecule has 0 fully saturated rings. The molecule has 0 aliphatic heterocycles. The zero-order valence-corrected chi connectivity index (χ0v) is 17.8. The Kier molecular flexibility index (Phi) is 5.23. The molecule has 0 saturated heterocycles. The van der Waals surface area contributed by atoms with E-state index in [-0.39, 0.29) is 11.7 Å². The molecule has 0 saturated carbocycles. The molecule has 0 radical (unpaired) electrons. The van der Waals surface area contributed by atoms with Crippen LogP contribution < -0.4 is 4.74 Å². The lowest BCUT2D eigenvalue weighted by atomic mass is 9.82. The van der Waals surface area contributed by atoms with Crippen molar-refractivity contribution < 1.29 is 19.1 Å². The number of carbonyl (C=O) groups excluding carboxylic acids is 2. The molecule has 4 aromatic rings. The van der Waals surface area contributed by atoms with E-state index in [0.29, 0.717) is 22.9 Å². The summed E-state index contributed by atoms with van der Waals surface area (Å²) in [6.07, 6.45) is 1.99. The summed E-state index contributed by atoms with van der Waals surface area (Å²) in [4.78, 5) is 28.6. The summed E-state index contributed by atoms with van der Waals surface area (Å²) < 4.78 is 10.9. The van der Waals surface area contributed by atoms with E-state index in [0.717, 1.165) is 41.1 Å². The number of H-pyrrole nitrogens is 1. The van der Waals surface area contributed by atoms with Crippen LogP contribution in [0.3, 0.4) is 0 Å². The van der Waals surface area contributed by atoms with E-state index in [9.17, 15) is 9.59 Å². The Morgan fingerprint density at radius 1 is 1.00 bits per heavy atom. The van der Waals surface area contributed by atoms with Crippen molar-refractivity contribution in [3.63, 3.8) is 0 Å². The summed E-state index contributed by atoms with van der Waals surface area (Å²) in [5, 5.41) is 0.671. The highest BCUT2D eigenvalue weighted by Crippen LogP contribution is 2.39. The fourth-order valence-electron chi connectivity index (χ4n) is 4.57. The first kappa shape index (κ1) is 20.1. The number of hydrogen-bond acceptors (Lipinski definition) is 4. The lowest BCUT2D eigenvalue weighted by molar-refractivity contribution is 0.0603. The maximum absolute atomic E-state index is 12.9. The molecule has 0 bridgehead atoms. The molecule has 5 heteroatoms. The molecule has 160 valence electrons. The summed E-state index contributed by atoms with van der Waals surface area (Å²) in [7, 11) is 1.36. The van der Waals surface area contributed by atoms with Gasteiger partial charge in [0.05, 0.1) is 12.7 Å². The Bertz CT molecular complexity index is 1310. The molecule has 1 atom stereocenters. The minimum atomic E-state index is -0.432. The van der Waals surface area contributed by atoms with Crippen LogP contribution in [-0.4, -0.2) is 23.8 Å². The first-order valence-electron chi connectivity index (χ1n) is 10.7. The number of esters is 1. The fourth-order valence-corrected chi connectivity index (χ4v) is 4.57. The van der Waals surface area contributed by atoms with E-state index in [1.54, 1.807) is 12.1 Å². The monoisotopic (exact) mass is 425 g/mol. The number of rotatable bonds is 5. The van der Waals surface area contributed by atoms with Crippen molar-refractivity contribution in [3.8, 4) is 11.5 Å². The highest BCUT2D eigenvalue weighted by atomic mass is 16.5. The van der Waals surface area contributed by atoms with Crippen LogP contribution in [0.5, 0.6) is 11.5 Å². The Morgan fingerprint density at radius 3 is 2.59 bits per heavy atom. The third-order valence-corrected chi connectivity index (χ3v) is 6.02. The highest BCUT2D eigenvalue weighted by Gasteiger charge is 2.31. The van der Waals surface area contributed by atoms with Gasteiger partial charge in [0.25, 0.3) is 0 Å². The molecule has 0 spiro atoms. The van der Waals surface area contributed by atoms with E-state index in [1.807, 2.05) is 54.6 Å². The quantitative estimate of drug-likeness (QED) is 0.395. The van der Waals surface area contributed by atoms with Gasteiger partial charge in [-0.3, -0.25) is 4.79 Å². The van der Waals surface area contributed by atoms with Crippen molar-refractivity contribution in [3.05, 3.63) is 95.2 Å². The van der Waals surface area contributed by atoms with Crippen molar-refractivity contribution >= 4 is 22.7 Å². The van der Waals surface area contributed by atoms with Gasteiger partial charge in [0.15, 0.2) is 5.78 Å². The van der Waals surface area contributed by atoms with Crippen molar-refractivity contribution in [2.75, 3.05) is 7.11 Å². The largest absolute Gasteiger partial charge is 0.465 e. The molecule has 5 rings (SSSR count). The van der Waals surface area contributed by atoms with Crippen LogP contribution in [0.2, 0.25) is 0 Å². The molecule has 5 nitrogen and oxygen atoms in total.